The third-order valence-corrected chi connectivity index (χ3v) is 5.12. The third kappa shape index (κ3) is 5.24. The van der Waals surface area contributed by atoms with Crippen molar-refractivity contribution in [1.82, 2.24) is 0 Å². The molecule has 150 valence electrons. The lowest BCUT2D eigenvalue weighted by molar-refractivity contribution is -0.903. The van der Waals surface area contributed by atoms with Gasteiger partial charge in [-0.05, 0) is 43.3 Å². The van der Waals surface area contributed by atoms with Gasteiger partial charge >= 0.3 is 0 Å². The Bertz CT molecular complexity index is 770. The van der Waals surface area contributed by atoms with E-state index < -0.39 is 6.10 Å². The monoisotopic (exact) mass is 385 g/mol. The van der Waals surface area contributed by atoms with Gasteiger partial charge in [-0.15, -0.1) is 0 Å². The highest BCUT2D eigenvalue weighted by Crippen LogP contribution is 2.27. The van der Waals surface area contributed by atoms with Crippen LogP contribution in [0.2, 0.25) is 0 Å². The number of methoxy groups -OCH3 is 1. The van der Waals surface area contributed by atoms with E-state index in [1.54, 1.807) is 31.4 Å². The average Bonchev–Trinajstić information content (AvgIpc) is 2.73. The Morgan fingerprint density at radius 3 is 2.46 bits per heavy atom. The Balaban J connectivity index is 1.43. The van der Waals surface area contributed by atoms with Gasteiger partial charge in [0.1, 0.15) is 30.8 Å². The van der Waals surface area contributed by atoms with Gasteiger partial charge in [-0.25, -0.2) is 0 Å². The number of ketones is 1. The predicted molar refractivity (Wildman–Crippen MR) is 109 cm³/mol. The fraction of sp³-hybridized carbons (Fsp3) is 0.409. The van der Waals surface area contributed by atoms with Crippen LogP contribution in [-0.2, 0) is 0 Å². The minimum atomic E-state index is -0.528. The molecule has 0 radical (unpaired) electrons. The van der Waals surface area contributed by atoms with E-state index in [-0.39, 0.29) is 12.4 Å². The minimum absolute atomic E-state index is 0.0300. The van der Waals surface area contributed by atoms with Crippen LogP contribution in [0, 0.1) is 0 Å². The molecule has 1 saturated heterocycles. The topological polar surface area (TPSA) is 63.4 Å². The second-order valence-electron chi connectivity index (χ2n) is 7.16. The van der Waals surface area contributed by atoms with Gasteiger partial charge in [0.2, 0.25) is 0 Å². The zero-order valence-electron chi connectivity index (χ0n) is 16.6. The second kappa shape index (κ2) is 9.57. The molecule has 0 spiro atoms. The summed E-state index contributed by atoms with van der Waals surface area (Å²) < 4.78 is 11.1. The van der Waals surface area contributed by atoms with Crippen LogP contribution in [0.25, 0.3) is 0 Å². The fourth-order valence-corrected chi connectivity index (χ4v) is 3.53. The Morgan fingerprint density at radius 2 is 1.82 bits per heavy atom. The quantitative estimate of drug-likeness (QED) is 0.665. The molecule has 2 aromatic rings. The van der Waals surface area contributed by atoms with Crippen molar-refractivity contribution >= 4 is 11.5 Å². The van der Waals surface area contributed by atoms with Crippen molar-refractivity contribution in [3.8, 4) is 11.5 Å². The van der Waals surface area contributed by atoms with Crippen LogP contribution in [0.4, 0.5) is 5.69 Å². The van der Waals surface area contributed by atoms with Gasteiger partial charge in [-0.3, -0.25) is 4.79 Å². The average molecular weight is 385 g/mol. The molecule has 2 aromatic carbocycles. The van der Waals surface area contributed by atoms with Gasteiger partial charge in [0.15, 0.2) is 5.78 Å². The van der Waals surface area contributed by atoms with Crippen molar-refractivity contribution < 1.29 is 24.3 Å². The van der Waals surface area contributed by atoms with Crippen LogP contribution in [0.15, 0.2) is 48.5 Å². The van der Waals surface area contributed by atoms with Crippen molar-refractivity contribution in [3.63, 3.8) is 0 Å². The van der Waals surface area contributed by atoms with Crippen LogP contribution in [0.3, 0.4) is 0 Å². The van der Waals surface area contributed by atoms with Crippen LogP contribution in [-0.4, -0.2) is 63.4 Å². The largest absolute Gasteiger partial charge is 0.495 e. The van der Waals surface area contributed by atoms with E-state index in [0.29, 0.717) is 17.9 Å². The molecule has 6 nitrogen and oxygen atoms in total. The Kier molecular flexibility index (Phi) is 6.90. The molecular formula is C22H29N2O4+. The lowest BCUT2D eigenvalue weighted by Gasteiger charge is -2.35. The number of ether oxygens (including phenoxy) is 2. The van der Waals surface area contributed by atoms with Crippen LogP contribution >= 0.6 is 0 Å². The molecule has 6 heteroatoms. The summed E-state index contributed by atoms with van der Waals surface area (Å²) in [5.74, 6) is 1.60. The summed E-state index contributed by atoms with van der Waals surface area (Å²) in [5.41, 5.74) is 1.78. The van der Waals surface area contributed by atoms with Crippen molar-refractivity contribution in [2.75, 3.05) is 51.3 Å². The van der Waals surface area contributed by atoms with E-state index in [1.165, 1.54) is 11.8 Å². The zero-order chi connectivity index (χ0) is 19.9. The van der Waals surface area contributed by atoms with Crippen LogP contribution < -0.4 is 19.3 Å². The molecule has 1 aliphatic rings. The SMILES string of the molecule is COc1ccccc1N1CC[NH+](C[C@@H](O)COc2ccc(C(C)=O)cc2)CC1. The smallest absolute Gasteiger partial charge is 0.159 e. The number of Topliss-reactive ketones (excluding diaryl/α,β-unsaturated/α-hetero) is 1. The summed E-state index contributed by atoms with van der Waals surface area (Å²) in [4.78, 5) is 15.0. The lowest BCUT2D eigenvalue weighted by atomic mass is 10.1. The first-order valence-corrected chi connectivity index (χ1v) is 9.70. The minimum Gasteiger partial charge on any atom is -0.495 e. The first-order valence-electron chi connectivity index (χ1n) is 9.70. The normalized spacial score (nSPS) is 15.9. The van der Waals surface area contributed by atoms with Gasteiger partial charge in [0.05, 0.1) is 39.0 Å². The highest BCUT2D eigenvalue weighted by molar-refractivity contribution is 5.94. The van der Waals surface area contributed by atoms with E-state index >= 15 is 0 Å². The first kappa shape index (κ1) is 20.2. The number of para-hydroxylation sites is 2. The highest BCUT2D eigenvalue weighted by atomic mass is 16.5. The number of carbonyl (C=O) groups is 1. The van der Waals surface area contributed by atoms with Crippen molar-refractivity contribution in [2.45, 2.75) is 13.0 Å². The van der Waals surface area contributed by atoms with Gasteiger partial charge in [-0.1, -0.05) is 12.1 Å². The number of aliphatic hydroxyl groups is 1. The maximum absolute atomic E-state index is 11.3. The van der Waals surface area contributed by atoms with Gasteiger partial charge < -0.3 is 24.4 Å². The molecule has 2 N–H and O–H groups in total. The van der Waals surface area contributed by atoms with Crippen molar-refractivity contribution in [2.24, 2.45) is 0 Å². The Morgan fingerprint density at radius 1 is 1.14 bits per heavy atom. The molecule has 0 amide bonds. The zero-order valence-corrected chi connectivity index (χ0v) is 16.6. The fourth-order valence-electron chi connectivity index (χ4n) is 3.53. The molecule has 1 fully saturated rings. The highest BCUT2D eigenvalue weighted by Gasteiger charge is 2.24. The molecule has 1 heterocycles. The Labute approximate surface area is 166 Å². The Hall–Kier alpha value is -2.57. The summed E-state index contributed by atoms with van der Waals surface area (Å²) in [7, 11) is 1.70. The molecule has 1 aliphatic heterocycles. The van der Waals surface area contributed by atoms with E-state index in [4.69, 9.17) is 9.47 Å². The van der Waals surface area contributed by atoms with E-state index in [0.717, 1.165) is 37.6 Å². The molecule has 1 atom stereocenters. The predicted octanol–water partition coefficient (Wildman–Crippen LogP) is 1.04. The summed E-state index contributed by atoms with van der Waals surface area (Å²) in [5, 5.41) is 10.3. The molecule has 0 saturated carbocycles. The molecule has 0 bridgehead atoms. The van der Waals surface area contributed by atoms with Crippen LogP contribution in [0.1, 0.15) is 17.3 Å². The number of carbonyl (C=O) groups excluding carboxylic acids is 1. The summed E-state index contributed by atoms with van der Waals surface area (Å²) in [6.45, 7) is 6.22. The number of hydrogen-bond donors (Lipinski definition) is 2. The van der Waals surface area contributed by atoms with Crippen molar-refractivity contribution in [1.29, 1.82) is 0 Å². The number of hydrogen-bond acceptors (Lipinski definition) is 5. The number of nitrogens with one attached hydrogen (secondary N) is 1. The number of quaternary nitrogens is 1. The van der Waals surface area contributed by atoms with Crippen LogP contribution in [0.5, 0.6) is 11.5 Å². The lowest BCUT2D eigenvalue weighted by Crippen LogP contribution is -3.16. The molecule has 0 unspecified atom stereocenters. The molecular weight excluding hydrogens is 356 g/mol. The number of piperazine rings is 1. The van der Waals surface area contributed by atoms with Gasteiger partial charge in [0, 0.05) is 5.56 Å². The van der Waals surface area contributed by atoms with Gasteiger partial charge in [0.25, 0.3) is 0 Å². The standard InChI is InChI=1S/C22H28N2O4/c1-17(25)18-7-9-20(10-8-18)28-16-19(26)15-23-11-13-24(14-12-23)21-5-3-4-6-22(21)27-2/h3-10,19,26H,11-16H2,1-2H3/p+1/t19-/m1/s1. The number of nitrogens with zero attached hydrogens (tertiary/aromatic N) is 1. The maximum Gasteiger partial charge on any atom is 0.159 e. The van der Waals surface area contributed by atoms with Crippen molar-refractivity contribution in [3.05, 3.63) is 54.1 Å². The number of rotatable bonds is 8. The molecule has 28 heavy (non-hydrogen) atoms. The van der Waals surface area contributed by atoms with Gasteiger partial charge in [-0.2, -0.15) is 0 Å². The van der Waals surface area contributed by atoms with E-state index in [2.05, 4.69) is 11.0 Å². The second-order valence-corrected chi connectivity index (χ2v) is 7.16. The number of benzene rings is 2. The number of anilines is 1. The molecule has 0 aromatic heterocycles. The van der Waals surface area contributed by atoms with E-state index in [9.17, 15) is 9.90 Å². The molecule has 3 rings (SSSR count). The summed E-state index contributed by atoms with van der Waals surface area (Å²) >= 11 is 0. The summed E-state index contributed by atoms with van der Waals surface area (Å²) in [6.07, 6.45) is -0.528. The maximum atomic E-state index is 11.3. The molecule has 0 aliphatic carbocycles. The number of aliphatic hydroxyl groups excluding tert-OH is 1. The summed E-state index contributed by atoms with van der Waals surface area (Å²) in [6, 6.07) is 15.1. The third-order valence-electron chi connectivity index (χ3n) is 5.12. The first-order chi connectivity index (χ1) is 13.6. The van der Waals surface area contributed by atoms with E-state index in [1.807, 2.05) is 18.2 Å².